The van der Waals surface area contributed by atoms with Crippen LogP contribution >= 0.6 is 0 Å². The van der Waals surface area contributed by atoms with Crippen molar-refractivity contribution in [3.8, 4) is 0 Å². The Morgan fingerprint density at radius 1 is 1.00 bits per heavy atom. The second-order valence-corrected chi connectivity index (χ2v) is 3.81. The van der Waals surface area contributed by atoms with Crippen LogP contribution in [0.3, 0.4) is 0 Å². The number of hydrogen-bond donors (Lipinski definition) is 4. The van der Waals surface area contributed by atoms with Crippen molar-refractivity contribution in [2.75, 3.05) is 0 Å². The topological polar surface area (TPSA) is 104 Å². The summed E-state index contributed by atoms with van der Waals surface area (Å²) in [5.74, 6) is -1.22. The van der Waals surface area contributed by atoms with Gasteiger partial charge in [-0.3, -0.25) is 17.2 Å². The van der Waals surface area contributed by atoms with E-state index in [-0.39, 0.29) is 6.04 Å². The lowest BCUT2D eigenvalue weighted by Gasteiger charge is -2.26. The van der Waals surface area contributed by atoms with Crippen molar-refractivity contribution in [3.05, 3.63) is 0 Å². The Balaban J connectivity index is 3.32. The molecule has 0 aromatic carbocycles. The van der Waals surface area contributed by atoms with Gasteiger partial charge in [0.05, 0.1) is 0 Å². The van der Waals surface area contributed by atoms with Crippen LogP contribution in [0.5, 0.6) is 0 Å². The summed E-state index contributed by atoms with van der Waals surface area (Å²) in [7, 11) is 0. The van der Waals surface area contributed by atoms with Gasteiger partial charge in [0.1, 0.15) is 5.79 Å². The minimum Gasteiger partial charge on any atom is -0.324 e. The van der Waals surface area contributed by atoms with E-state index in [9.17, 15) is 0 Å². The highest BCUT2D eigenvalue weighted by Crippen LogP contribution is 2.07. The van der Waals surface area contributed by atoms with Gasteiger partial charge in [-0.15, -0.1) is 0 Å². The Morgan fingerprint density at radius 2 is 1.54 bits per heavy atom. The van der Waals surface area contributed by atoms with Crippen molar-refractivity contribution in [1.29, 1.82) is 0 Å². The second kappa shape index (κ2) is 6.32. The molecule has 13 heavy (non-hydrogen) atoms. The van der Waals surface area contributed by atoms with E-state index in [1.807, 2.05) is 0 Å². The predicted octanol–water partition coefficient (Wildman–Crippen LogP) is 0.204. The molecule has 1 unspecified atom stereocenters. The zero-order valence-corrected chi connectivity index (χ0v) is 8.63. The zero-order chi connectivity index (χ0) is 10.3. The summed E-state index contributed by atoms with van der Waals surface area (Å²) in [5, 5.41) is 0. The van der Waals surface area contributed by atoms with Gasteiger partial charge in [-0.2, -0.15) is 0 Å². The van der Waals surface area contributed by atoms with E-state index in [0.717, 1.165) is 12.8 Å². The van der Waals surface area contributed by atoms with Gasteiger partial charge in [-0.25, -0.2) is 0 Å². The summed E-state index contributed by atoms with van der Waals surface area (Å²) < 4.78 is 0. The third kappa shape index (κ3) is 6.95. The lowest BCUT2D eigenvalue weighted by Crippen LogP contribution is -2.68. The molecule has 80 valence electrons. The molecular weight excluding hydrogens is 164 g/mol. The number of unbranched alkanes of at least 4 members (excludes halogenated alkanes) is 4. The molecule has 4 nitrogen and oxygen atoms in total. The normalized spacial score (nSPS) is 14.5. The first-order valence-corrected chi connectivity index (χ1v) is 5.10. The Morgan fingerprint density at radius 3 is 2.00 bits per heavy atom. The van der Waals surface area contributed by atoms with Gasteiger partial charge in [0.15, 0.2) is 0 Å². The Bertz CT molecular complexity index is 119. The molecule has 0 radical (unpaired) electrons. The van der Waals surface area contributed by atoms with Crippen molar-refractivity contribution < 1.29 is 0 Å². The fourth-order valence-electron chi connectivity index (χ4n) is 1.22. The monoisotopic (exact) mass is 188 g/mol. The lowest BCUT2D eigenvalue weighted by atomic mass is 10.0. The van der Waals surface area contributed by atoms with Gasteiger partial charge in [0.2, 0.25) is 0 Å². The molecule has 0 saturated carbocycles. The fourth-order valence-corrected chi connectivity index (χ4v) is 1.22. The molecule has 1 atom stereocenters. The zero-order valence-electron chi connectivity index (χ0n) is 8.63. The SMILES string of the molecule is CCCCCCCC(N)C(N)(N)N. The lowest BCUT2D eigenvalue weighted by molar-refractivity contribution is 0.341. The van der Waals surface area contributed by atoms with Crippen LogP contribution < -0.4 is 22.9 Å². The van der Waals surface area contributed by atoms with Crippen LogP contribution in [0.15, 0.2) is 0 Å². The highest BCUT2D eigenvalue weighted by atomic mass is 15.2. The largest absolute Gasteiger partial charge is 0.324 e. The molecule has 0 bridgehead atoms. The summed E-state index contributed by atoms with van der Waals surface area (Å²) in [5.41, 5.74) is 22.0. The smallest absolute Gasteiger partial charge is 0.131 e. The minimum atomic E-state index is -1.22. The molecule has 0 aliphatic carbocycles. The highest BCUT2D eigenvalue weighted by Gasteiger charge is 2.21. The fraction of sp³-hybridized carbons (Fsp3) is 1.00. The summed E-state index contributed by atoms with van der Waals surface area (Å²) in [6.07, 6.45) is 6.87. The van der Waals surface area contributed by atoms with Gasteiger partial charge < -0.3 is 5.73 Å². The van der Waals surface area contributed by atoms with E-state index >= 15 is 0 Å². The summed E-state index contributed by atoms with van der Waals surface area (Å²) in [6, 6.07) is -0.297. The van der Waals surface area contributed by atoms with E-state index < -0.39 is 5.79 Å². The van der Waals surface area contributed by atoms with Gasteiger partial charge in [0, 0.05) is 6.04 Å². The summed E-state index contributed by atoms with van der Waals surface area (Å²) in [4.78, 5) is 0. The van der Waals surface area contributed by atoms with Gasteiger partial charge in [0.25, 0.3) is 0 Å². The Hall–Kier alpha value is -0.160. The second-order valence-electron chi connectivity index (χ2n) is 3.81. The molecule has 0 aliphatic heterocycles. The summed E-state index contributed by atoms with van der Waals surface area (Å²) in [6.45, 7) is 2.19. The maximum Gasteiger partial charge on any atom is 0.131 e. The first kappa shape index (κ1) is 12.8. The molecular formula is C9H24N4. The quantitative estimate of drug-likeness (QED) is 0.338. The number of rotatable bonds is 7. The first-order chi connectivity index (χ1) is 5.98. The van der Waals surface area contributed by atoms with Gasteiger partial charge in [-0.05, 0) is 6.42 Å². The molecule has 0 heterocycles. The number of hydrogen-bond acceptors (Lipinski definition) is 4. The predicted molar refractivity (Wildman–Crippen MR) is 56.6 cm³/mol. The van der Waals surface area contributed by atoms with Crippen molar-refractivity contribution in [2.45, 2.75) is 57.3 Å². The third-order valence-corrected chi connectivity index (χ3v) is 2.26. The highest BCUT2D eigenvalue weighted by molar-refractivity contribution is 4.81. The van der Waals surface area contributed by atoms with E-state index in [2.05, 4.69) is 6.92 Å². The van der Waals surface area contributed by atoms with E-state index in [4.69, 9.17) is 22.9 Å². The van der Waals surface area contributed by atoms with Crippen LogP contribution in [0.1, 0.15) is 45.4 Å². The molecule has 0 spiro atoms. The van der Waals surface area contributed by atoms with Gasteiger partial charge >= 0.3 is 0 Å². The molecule has 4 heteroatoms. The van der Waals surface area contributed by atoms with Crippen LogP contribution in [0.2, 0.25) is 0 Å². The molecule has 0 aliphatic rings. The van der Waals surface area contributed by atoms with Crippen LogP contribution in [0, 0.1) is 0 Å². The molecule has 0 rings (SSSR count). The van der Waals surface area contributed by atoms with Crippen molar-refractivity contribution in [1.82, 2.24) is 0 Å². The van der Waals surface area contributed by atoms with Crippen LogP contribution in [-0.2, 0) is 0 Å². The maximum atomic E-state index is 5.69. The van der Waals surface area contributed by atoms with Crippen LogP contribution in [0.25, 0.3) is 0 Å². The standard InChI is InChI=1S/C9H24N4/c1-2-3-4-5-6-7-8(10)9(11,12)13/h8H,2-7,10-13H2,1H3. The molecule has 0 aromatic heterocycles. The minimum absolute atomic E-state index is 0.297. The molecule has 0 amide bonds. The Kier molecular flexibility index (Phi) is 6.24. The first-order valence-electron chi connectivity index (χ1n) is 5.10. The Labute approximate surface area is 81.0 Å². The van der Waals surface area contributed by atoms with Crippen molar-refractivity contribution in [3.63, 3.8) is 0 Å². The molecule has 8 N–H and O–H groups in total. The third-order valence-electron chi connectivity index (χ3n) is 2.26. The van der Waals surface area contributed by atoms with Crippen molar-refractivity contribution >= 4 is 0 Å². The average Bonchev–Trinajstić information content (AvgIpc) is 2.02. The van der Waals surface area contributed by atoms with Crippen LogP contribution in [0.4, 0.5) is 0 Å². The molecule has 0 fully saturated rings. The van der Waals surface area contributed by atoms with Crippen molar-refractivity contribution in [2.24, 2.45) is 22.9 Å². The number of nitrogens with two attached hydrogens (primary N) is 4. The molecule has 0 aromatic rings. The van der Waals surface area contributed by atoms with Crippen LogP contribution in [-0.4, -0.2) is 11.8 Å². The maximum absolute atomic E-state index is 5.69. The van der Waals surface area contributed by atoms with E-state index in [0.29, 0.717) is 0 Å². The summed E-state index contributed by atoms with van der Waals surface area (Å²) >= 11 is 0. The van der Waals surface area contributed by atoms with E-state index in [1.54, 1.807) is 0 Å². The average molecular weight is 188 g/mol. The van der Waals surface area contributed by atoms with Gasteiger partial charge in [-0.1, -0.05) is 39.0 Å². The van der Waals surface area contributed by atoms with E-state index in [1.165, 1.54) is 25.7 Å². The molecule has 0 saturated heterocycles.